The summed E-state index contributed by atoms with van der Waals surface area (Å²) in [7, 11) is 0. The van der Waals surface area contributed by atoms with Crippen molar-refractivity contribution in [3.05, 3.63) is 65.9 Å². The fourth-order valence-corrected chi connectivity index (χ4v) is 4.51. The average Bonchev–Trinajstić information content (AvgIpc) is 3.53. The van der Waals surface area contributed by atoms with Crippen LogP contribution in [0.5, 0.6) is 0 Å². The molecule has 1 aliphatic heterocycles. The van der Waals surface area contributed by atoms with Gasteiger partial charge in [-0.3, -0.25) is 19.8 Å². The van der Waals surface area contributed by atoms with Crippen LogP contribution in [0.25, 0.3) is 22.3 Å². The number of likely N-dealkylation sites (tertiary alicyclic amines) is 1. The molecule has 0 radical (unpaired) electrons. The van der Waals surface area contributed by atoms with Gasteiger partial charge in [-0.25, -0.2) is 4.39 Å². The van der Waals surface area contributed by atoms with Crippen LogP contribution in [-0.2, 0) is 0 Å². The van der Waals surface area contributed by atoms with E-state index in [2.05, 4.69) is 50.3 Å². The minimum atomic E-state index is -0.598. The number of aromatic amines is 2. The van der Waals surface area contributed by atoms with Crippen LogP contribution in [0.1, 0.15) is 48.8 Å². The van der Waals surface area contributed by atoms with Gasteiger partial charge in [0.15, 0.2) is 0 Å². The summed E-state index contributed by atoms with van der Waals surface area (Å²) in [6, 6.07) is 10.9. The second kappa shape index (κ2) is 8.20. The highest BCUT2D eigenvalue weighted by Crippen LogP contribution is 2.30. The number of hydrogen-bond acceptors (Lipinski definition) is 4. The number of hydrogen-bond donors (Lipinski definition) is 3. The number of halogens is 1. The normalized spacial score (nSPS) is 17.7. The van der Waals surface area contributed by atoms with Gasteiger partial charge in [0.25, 0.3) is 5.91 Å². The van der Waals surface area contributed by atoms with Crippen LogP contribution in [0.2, 0.25) is 0 Å². The molecule has 1 amide bonds. The van der Waals surface area contributed by atoms with Crippen molar-refractivity contribution in [2.24, 2.45) is 0 Å². The molecule has 4 aromatic rings. The molecule has 5 rings (SSSR count). The molecule has 2 atom stereocenters. The highest BCUT2D eigenvalue weighted by Gasteiger charge is 2.27. The van der Waals surface area contributed by atoms with E-state index in [0.29, 0.717) is 23.0 Å². The Morgan fingerprint density at radius 3 is 2.88 bits per heavy atom. The predicted octanol–water partition coefficient (Wildman–Crippen LogP) is 4.89. The van der Waals surface area contributed by atoms with Crippen molar-refractivity contribution < 1.29 is 9.18 Å². The summed E-state index contributed by atoms with van der Waals surface area (Å²) >= 11 is 0. The summed E-state index contributed by atoms with van der Waals surface area (Å²) in [6.07, 6.45) is 5.63. The fraction of sp³-hybridized carbons (Fsp3) is 0.292. The van der Waals surface area contributed by atoms with E-state index < -0.39 is 11.7 Å². The first-order chi connectivity index (χ1) is 15.5. The Morgan fingerprint density at radius 2 is 2.16 bits per heavy atom. The van der Waals surface area contributed by atoms with Crippen molar-refractivity contribution in [2.75, 3.05) is 11.9 Å². The van der Waals surface area contributed by atoms with Crippen molar-refractivity contribution in [3.8, 4) is 11.3 Å². The first kappa shape index (κ1) is 20.4. The first-order valence-corrected chi connectivity index (χ1v) is 10.8. The van der Waals surface area contributed by atoms with Gasteiger partial charge < -0.3 is 10.3 Å². The lowest BCUT2D eigenvalue weighted by atomic mass is 10.1. The molecule has 1 aliphatic rings. The molecule has 1 aromatic carbocycles. The second-order valence-electron chi connectivity index (χ2n) is 8.41. The average molecular weight is 433 g/mol. The van der Waals surface area contributed by atoms with Gasteiger partial charge in [-0.2, -0.15) is 5.10 Å². The summed E-state index contributed by atoms with van der Waals surface area (Å²) in [6.45, 7) is 5.56. The SMILES string of the molecule is CC(c1cc2ncc(NC(=O)c3ccc(-c4ccn[nH]4)cc3F)cc2[nH]1)N1CCC[C@@H]1C. The quantitative estimate of drug-likeness (QED) is 0.419. The minimum Gasteiger partial charge on any atom is -0.356 e. The van der Waals surface area contributed by atoms with Crippen LogP contribution >= 0.6 is 0 Å². The molecule has 3 aromatic heterocycles. The summed E-state index contributed by atoms with van der Waals surface area (Å²) in [4.78, 5) is 23.1. The van der Waals surface area contributed by atoms with Gasteiger partial charge in [0.2, 0.25) is 0 Å². The van der Waals surface area contributed by atoms with Gasteiger partial charge in [0, 0.05) is 29.5 Å². The zero-order valence-corrected chi connectivity index (χ0v) is 18.0. The number of anilines is 1. The molecule has 3 N–H and O–H groups in total. The van der Waals surface area contributed by atoms with E-state index >= 15 is 0 Å². The molecule has 4 heterocycles. The van der Waals surface area contributed by atoms with E-state index in [1.165, 1.54) is 25.0 Å². The van der Waals surface area contributed by atoms with Crippen molar-refractivity contribution >= 4 is 22.6 Å². The van der Waals surface area contributed by atoms with Gasteiger partial charge in [-0.05, 0) is 63.6 Å². The lowest BCUT2D eigenvalue weighted by Gasteiger charge is -2.27. The number of nitrogens with zero attached hydrogens (tertiary/aromatic N) is 3. The Balaban J connectivity index is 1.34. The number of aromatic nitrogens is 4. The van der Waals surface area contributed by atoms with Gasteiger partial charge in [-0.15, -0.1) is 0 Å². The Kier molecular flexibility index (Phi) is 5.22. The Morgan fingerprint density at radius 1 is 1.28 bits per heavy atom. The maximum absolute atomic E-state index is 14.6. The lowest BCUT2D eigenvalue weighted by Crippen LogP contribution is -2.30. The van der Waals surface area contributed by atoms with E-state index in [1.807, 2.05) is 6.07 Å². The van der Waals surface area contributed by atoms with Gasteiger partial charge in [-0.1, -0.05) is 6.07 Å². The standard InChI is InChI=1S/C24H25FN6O/c1-14-4-3-9-31(14)15(2)21-12-22-23(29-21)11-17(13-26-22)28-24(32)18-6-5-16(10-19(18)25)20-7-8-27-30-20/h5-8,10-15,29H,3-4,9H2,1-2H3,(H,27,30)(H,28,32)/t14-,15?/m0/s1. The van der Waals surface area contributed by atoms with Crippen molar-refractivity contribution in [1.29, 1.82) is 0 Å². The molecule has 0 aliphatic carbocycles. The molecule has 1 unspecified atom stereocenters. The van der Waals surface area contributed by atoms with E-state index in [9.17, 15) is 9.18 Å². The molecule has 8 heteroatoms. The highest BCUT2D eigenvalue weighted by atomic mass is 19.1. The molecule has 0 bridgehead atoms. The molecular weight excluding hydrogens is 407 g/mol. The molecule has 32 heavy (non-hydrogen) atoms. The number of amides is 1. The fourth-order valence-electron chi connectivity index (χ4n) is 4.51. The summed E-state index contributed by atoms with van der Waals surface area (Å²) in [5, 5.41) is 9.40. The summed E-state index contributed by atoms with van der Waals surface area (Å²) in [5.41, 5.74) is 4.57. The van der Waals surface area contributed by atoms with Gasteiger partial charge in [0.05, 0.1) is 34.2 Å². The van der Waals surface area contributed by atoms with E-state index in [4.69, 9.17) is 0 Å². The largest absolute Gasteiger partial charge is 0.356 e. The number of pyridine rings is 1. The third kappa shape index (κ3) is 3.78. The molecule has 1 saturated heterocycles. The summed E-state index contributed by atoms with van der Waals surface area (Å²) in [5.74, 6) is -1.12. The molecule has 164 valence electrons. The monoisotopic (exact) mass is 432 g/mol. The summed E-state index contributed by atoms with van der Waals surface area (Å²) < 4.78 is 14.6. The topological polar surface area (TPSA) is 89.7 Å². The van der Waals surface area contributed by atoms with Crippen molar-refractivity contribution in [3.63, 3.8) is 0 Å². The maximum Gasteiger partial charge on any atom is 0.258 e. The number of benzene rings is 1. The number of carbonyl (C=O) groups excluding carboxylic acids is 1. The van der Waals surface area contributed by atoms with Crippen LogP contribution in [0.15, 0.2) is 48.8 Å². The third-order valence-electron chi connectivity index (χ3n) is 6.32. The van der Waals surface area contributed by atoms with Crippen LogP contribution in [0, 0.1) is 5.82 Å². The predicted molar refractivity (Wildman–Crippen MR) is 122 cm³/mol. The lowest BCUT2D eigenvalue weighted by molar-refractivity contribution is 0.102. The van der Waals surface area contributed by atoms with Crippen LogP contribution < -0.4 is 5.32 Å². The molecule has 1 fully saturated rings. The highest BCUT2D eigenvalue weighted by molar-refractivity contribution is 6.05. The number of carbonyl (C=O) groups is 1. The Bertz CT molecular complexity index is 1260. The zero-order chi connectivity index (χ0) is 22.2. The number of rotatable bonds is 5. The number of nitrogens with one attached hydrogen (secondary N) is 3. The number of fused-ring (bicyclic) bond motifs is 1. The molecule has 0 spiro atoms. The Hall–Kier alpha value is -3.52. The van der Waals surface area contributed by atoms with Crippen LogP contribution in [0.4, 0.5) is 10.1 Å². The third-order valence-corrected chi connectivity index (χ3v) is 6.32. The number of H-pyrrole nitrogens is 2. The van der Waals surface area contributed by atoms with Gasteiger partial charge in [0.1, 0.15) is 5.82 Å². The minimum absolute atomic E-state index is 0.0304. The van der Waals surface area contributed by atoms with Crippen LogP contribution in [-0.4, -0.2) is 43.6 Å². The van der Waals surface area contributed by atoms with Crippen LogP contribution in [0.3, 0.4) is 0 Å². The van der Waals surface area contributed by atoms with Crippen molar-refractivity contribution in [2.45, 2.75) is 38.8 Å². The van der Waals surface area contributed by atoms with E-state index in [1.54, 1.807) is 24.5 Å². The van der Waals surface area contributed by atoms with Crippen molar-refractivity contribution in [1.82, 2.24) is 25.1 Å². The second-order valence-corrected chi connectivity index (χ2v) is 8.41. The van der Waals surface area contributed by atoms with E-state index in [0.717, 1.165) is 23.3 Å². The molecule has 0 saturated carbocycles. The van der Waals surface area contributed by atoms with Gasteiger partial charge >= 0.3 is 0 Å². The first-order valence-electron chi connectivity index (χ1n) is 10.8. The Labute approximate surface area is 185 Å². The molecule has 7 nitrogen and oxygen atoms in total. The smallest absolute Gasteiger partial charge is 0.258 e. The molecular formula is C24H25FN6O. The maximum atomic E-state index is 14.6. The van der Waals surface area contributed by atoms with E-state index in [-0.39, 0.29) is 11.6 Å². The zero-order valence-electron chi connectivity index (χ0n) is 18.0.